The van der Waals surface area contributed by atoms with Gasteiger partial charge in [-0.25, -0.2) is 0 Å². The van der Waals surface area contributed by atoms with Gasteiger partial charge < -0.3 is 14.9 Å². The smallest absolute Gasteiger partial charge is 0.170 e. The van der Waals surface area contributed by atoms with Crippen molar-refractivity contribution in [1.29, 1.82) is 5.26 Å². The van der Waals surface area contributed by atoms with E-state index >= 15 is 0 Å². The Bertz CT molecular complexity index is 389. The largest absolute Gasteiger partial charge is 0.496 e. The lowest BCUT2D eigenvalue weighted by Crippen LogP contribution is -2.16. The van der Waals surface area contributed by atoms with Crippen LogP contribution in [0.5, 0.6) is 5.75 Å². The molecule has 80 valence electrons. The lowest BCUT2D eigenvalue weighted by molar-refractivity contribution is 0.0511. The van der Waals surface area contributed by atoms with Crippen LogP contribution >= 0.6 is 15.9 Å². The Kier molecular flexibility index (Phi) is 4.09. The summed E-state index contributed by atoms with van der Waals surface area (Å²) in [5.41, 5.74) is 0.384. The minimum atomic E-state index is -1.46. The normalized spacial score (nSPS) is 14.1. The molecule has 0 aromatic heterocycles. The molecule has 0 bridgehead atoms. The number of ether oxygens (including phenoxy) is 1. The monoisotopic (exact) mass is 271 g/mol. The number of hydrogen-bond donors (Lipinski definition) is 2. The summed E-state index contributed by atoms with van der Waals surface area (Å²) in [6.07, 6.45) is -2.72. The van der Waals surface area contributed by atoms with Crippen molar-refractivity contribution in [3.63, 3.8) is 0 Å². The van der Waals surface area contributed by atoms with Crippen LogP contribution in [0.2, 0.25) is 0 Å². The molecule has 0 amide bonds. The molecule has 0 aliphatic heterocycles. The molecule has 0 spiro atoms. The van der Waals surface area contributed by atoms with E-state index in [1.165, 1.54) is 7.11 Å². The fourth-order valence-electron chi connectivity index (χ4n) is 1.17. The number of aliphatic hydroxyl groups is 2. The van der Waals surface area contributed by atoms with E-state index in [0.717, 1.165) is 4.47 Å². The summed E-state index contributed by atoms with van der Waals surface area (Å²) < 4.78 is 5.82. The average Bonchev–Trinajstić information content (AvgIpc) is 2.26. The van der Waals surface area contributed by atoms with E-state index in [-0.39, 0.29) is 0 Å². The number of aliphatic hydroxyl groups excluding tert-OH is 2. The number of halogens is 1. The lowest BCUT2D eigenvalue weighted by Gasteiger charge is -2.15. The summed E-state index contributed by atoms with van der Waals surface area (Å²) in [6, 6.07) is 6.51. The molecule has 0 heterocycles. The Balaban J connectivity index is 3.09. The van der Waals surface area contributed by atoms with Crippen LogP contribution in [0.15, 0.2) is 22.7 Å². The van der Waals surface area contributed by atoms with Crippen LogP contribution in [-0.4, -0.2) is 23.4 Å². The summed E-state index contributed by atoms with van der Waals surface area (Å²) in [4.78, 5) is 0. The van der Waals surface area contributed by atoms with Gasteiger partial charge in [-0.15, -0.1) is 0 Å². The molecule has 1 aromatic carbocycles. The van der Waals surface area contributed by atoms with Gasteiger partial charge in [0.15, 0.2) is 6.10 Å². The van der Waals surface area contributed by atoms with Crippen molar-refractivity contribution >= 4 is 15.9 Å². The fraction of sp³-hybridized carbons (Fsp3) is 0.300. The first-order chi connectivity index (χ1) is 7.10. The molecule has 0 aliphatic rings. The zero-order chi connectivity index (χ0) is 11.4. The first-order valence-electron chi connectivity index (χ1n) is 4.19. The van der Waals surface area contributed by atoms with Gasteiger partial charge in [0.1, 0.15) is 11.9 Å². The maximum atomic E-state index is 9.62. The third-order valence-corrected chi connectivity index (χ3v) is 2.44. The molecule has 2 unspecified atom stereocenters. The van der Waals surface area contributed by atoms with Crippen LogP contribution < -0.4 is 4.74 Å². The van der Waals surface area contributed by atoms with Crippen molar-refractivity contribution in [3.8, 4) is 11.8 Å². The maximum absolute atomic E-state index is 9.62. The fourth-order valence-corrected chi connectivity index (χ4v) is 1.51. The zero-order valence-corrected chi connectivity index (χ0v) is 9.60. The molecular weight excluding hydrogens is 262 g/mol. The second kappa shape index (κ2) is 5.12. The molecule has 2 atom stereocenters. The molecule has 1 rings (SSSR count). The number of rotatable bonds is 3. The molecule has 15 heavy (non-hydrogen) atoms. The highest BCUT2D eigenvalue weighted by Gasteiger charge is 2.21. The summed E-state index contributed by atoms with van der Waals surface area (Å²) in [5.74, 6) is 0.422. The molecule has 0 saturated carbocycles. The first kappa shape index (κ1) is 12.0. The van der Waals surface area contributed by atoms with Crippen molar-refractivity contribution in [2.24, 2.45) is 0 Å². The predicted octanol–water partition coefficient (Wildman–Crippen LogP) is 1.38. The van der Waals surface area contributed by atoms with E-state index in [2.05, 4.69) is 15.9 Å². The van der Waals surface area contributed by atoms with Crippen LogP contribution in [0, 0.1) is 11.3 Å². The highest BCUT2D eigenvalue weighted by atomic mass is 79.9. The predicted molar refractivity (Wildman–Crippen MR) is 57.3 cm³/mol. The van der Waals surface area contributed by atoms with Gasteiger partial charge in [0.2, 0.25) is 0 Å². The number of nitriles is 1. The van der Waals surface area contributed by atoms with Gasteiger partial charge in [-0.05, 0) is 12.1 Å². The molecule has 5 heteroatoms. The van der Waals surface area contributed by atoms with Gasteiger partial charge >= 0.3 is 0 Å². The Morgan fingerprint density at radius 1 is 1.47 bits per heavy atom. The minimum Gasteiger partial charge on any atom is -0.496 e. The first-order valence-corrected chi connectivity index (χ1v) is 4.98. The van der Waals surface area contributed by atoms with Crippen molar-refractivity contribution in [3.05, 3.63) is 28.2 Å². The SMILES string of the molecule is COc1cc(Br)ccc1C(O)C(O)C#N. The Hall–Kier alpha value is -1.09. The highest BCUT2D eigenvalue weighted by Crippen LogP contribution is 2.29. The van der Waals surface area contributed by atoms with Crippen LogP contribution in [-0.2, 0) is 0 Å². The Morgan fingerprint density at radius 3 is 2.67 bits per heavy atom. The van der Waals surface area contributed by atoms with E-state index in [4.69, 9.17) is 10.00 Å². The third kappa shape index (κ3) is 2.69. The summed E-state index contributed by atoms with van der Waals surface area (Å²) in [7, 11) is 1.46. The minimum absolute atomic E-state index is 0.384. The van der Waals surface area contributed by atoms with E-state index in [1.54, 1.807) is 24.3 Å². The van der Waals surface area contributed by atoms with E-state index < -0.39 is 12.2 Å². The van der Waals surface area contributed by atoms with Crippen LogP contribution in [0.4, 0.5) is 0 Å². The molecule has 2 N–H and O–H groups in total. The molecule has 4 nitrogen and oxygen atoms in total. The van der Waals surface area contributed by atoms with Gasteiger partial charge in [-0.2, -0.15) is 5.26 Å². The quantitative estimate of drug-likeness (QED) is 0.815. The van der Waals surface area contributed by atoms with Gasteiger partial charge in [-0.1, -0.05) is 22.0 Å². The van der Waals surface area contributed by atoms with Gasteiger partial charge in [0.25, 0.3) is 0 Å². The number of hydrogen-bond acceptors (Lipinski definition) is 4. The topological polar surface area (TPSA) is 73.5 Å². The lowest BCUT2D eigenvalue weighted by atomic mass is 10.0. The number of nitrogens with zero attached hydrogens (tertiary/aromatic N) is 1. The summed E-state index contributed by atoms with van der Waals surface area (Å²) in [6.45, 7) is 0. The standard InChI is InChI=1S/C10H10BrNO3/c1-15-9-4-6(11)2-3-7(9)10(14)8(13)5-12/h2-4,8,10,13-14H,1H3. The second-order valence-electron chi connectivity index (χ2n) is 2.91. The van der Waals surface area contributed by atoms with Gasteiger partial charge in [-0.3, -0.25) is 0 Å². The molecule has 1 aromatic rings. The van der Waals surface area contributed by atoms with Crippen molar-refractivity contribution in [2.45, 2.75) is 12.2 Å². The number of benzene rings is 1. The van der Waals surface area contributed by atoms with Crippen molar-refractivity contribution in [2.75, 3.05) is 7.11 Å². The zero-order valence-electron chi connectivity index (χ0n) is 8.01. The molecule has 0 fully saturated rings. The Morgan fingerprint density at radius 2 is 2.13 bits per heavy atom. The highest BCUT2D eigenvalue weighted by molar-refractivity contribution is 9.10. The third-order valence-electron chi connectivity index (χ3n) is 1.95. The molecule has 0 aliphatic carbocycles. The van der Waals surface area contributed by atoms with Gasteiger partial charge in [0, 0.05) is 10.0 Å². The maximum Gasteiger partial charge on any atom is 0.170 e. The average molecular weight is 272 g/mol. The number of methoxy groups -OCH3 is 1. The van der Waals surface area contributed by atoms with E-state index in [1.807, 2.05) is 0 Å². The van der Waals surface area contributed by atoms with E-state index in [9.17, 15) is 10.2 Å². The van der Waals surface area contributed by atoms with Gasteiger partial charge in [0.05, 0.1) is 13.2 Å². The molecular formula is C10H10BrNO3. The van der Waals surface area contributed by atoms with Crippen molar-refractivity contribution in [1.82, 2.24) is 0 Å². The molecule has 0 saturated heterocycles. The summed E-state index contributed by atoms with van der Waals surface area (Å²) in [5, 5.41) is 27.3. The van der Waals surface area contributed by atoms with E-state index in [0.29, 0.717) is 11.3 Å². The van der Waals surface area contributed by atoms with Crippen LogP contribution in [0.25, 0.3) is 0 Å². The Labute approximate surface area is 95.9 Å². The van der Waals surface area contributed by atoms with Crippen LogP contribution in [0.3, 0.4) is 0 Å². The summed E-state index contributed by atoms with van der Waals surface area (Å²) >= 11 is 3.25. The second-order valence-corrected chi connectivity index (χ2v) is 3.82. The van der Waals surface area contributed by atoms with Crippen molar-refractivity contribution < 1.29 is 14.9 Å². The molecule has 0 radical (unpaired) electrons. The van der Waals surface area contributed by atoms with Crippen LogP contribution in [0.1, 0.15) is 11.7 Å².